The molecule has 2 amide bonds. The molecule has 0 aromatic heterocycles. The molecule has 0 radical (unpaired) electrons. The number of unbranched alkanes of at least 4 members (excludes halogenated alkanes) is 4. The van der Waals surface area contributed by atoms with E-state index < -0.39 is 23.8 Å². The Morgan fingerprint density at radius 2 is 1.00 bits per heavy atom. The van der Waals surface area contributed by atoms with Crippen LogP contribution in [0.4, 0.5) is 0 Å². The highest BCUT2D eigenvalue weighted by Gasteiger charge is 2.11. The van der Waals surface area contributed by atoms with Crippen LogP contribution in [0.3, 0.4) is 0 Å². The standard InChI is InChI=1S/C14H24N2O8/c17-11(23-21)7-3-1-5-9-15-13(19)14(20)16-10-6-2-4-8-12(18)24-22/h21-22H,1-10H2,(H,15,19)(H,16,20). The maximum Gasteiger partial charge on any atom is 0.342 e. The summed E-state index contributed by atoms with van der Waals surface area (Å²) in [6.45, 7) is 0.618. The highest BCUT2D eigenvalue weighted by atomic mass is 17.1. The second-order valence-electron chi connectivity index (χ2n) is 5.06. The minimum Gasteiger partial charge on any atom is -0.348 e. The van der Waals surface area contributed by atoms with Crippen LogP contribution in [0.25, 0.3) is 0 Å². The van der Waals surface area contributed by atoms with Gasteiger partial charge in [0.05, 0.1) is 0 Å². The van der Waals surface area contributed by atoms with E-state index in [1.54, 1.807) is 0 Å². The zero-order valence-electron chi connectivity index (χ0n) is 13.4. The fraction of sp³-hybridized carbons (Fsp3) is 0.714. The Bertz CT molecular complexity index is 376. The first kappa shape index (κ1) is 21.8. The van der Waals surface area contributed by atoms with E-state index in [-0.39, 0.29) is 12.8 Å². The maximum atomic E-state index is 11.5. The highest BCUT2D eigenvalue weighted by molar-refractivity contribution is 6.35. The molecule has 0 aromatic carbocycles. The minimum absolute atomic E-state index is 0.0982. The summed E-state index contributed by atoms with van der Waals surface area (Å²) in [5, 5.41) is 21.0. The van der Waals surface area contributed by atoms with Gasteiger partial charge in [0.25, 0.3) is 0 Å². The Kier molecular flexibility index (Phi) is 13.1. The molecule has 10 nitrogen and oxygen atoms in total. The fourth-order valence-corrected chi connectivity index (χ4v) is 1.80. The topological polar surface area (TPSA) is 151 Å². The van der Waals surface area contributed by atoms with E-state index >= 15 is 0 Å². The van der Waals surface area contributed by atoms with Gasteiger partial charge in [-0.05, 0) is 25.7 Å². The van der Waals surface area contributed by atoms with Gasteiger partial charge >= 0.3 is 23.8 Å². The van der Waals surface area contributed by atoms with Crippen LogP contribution in [0.1, 0.15) is 51.4 Å². The van der Waals surface area contributed by atoms with E-state index in [1.165, 1.54) is 0 Å². The van der Waals surface area contributed by atoms with Crippen LogP contribution in [0.2, 0.25) is 0 Å². The molecule has 0 unspecified atom stereocenters. The highest BCUT2D eigenvalue weighted by Crippen LogP contribution is 2.00. The van der Waals surface area contributed by atoms with Crippen LogP contribution >= 0.6 is 0 Å². The number of rotatable bonds is 12. The first-order valence-corrected chi connectivity index (χ1v) is 7.75. The smallest absolute Gasteiger partial charge is 0.342 e. The third-order valence-electron chi connectivity index (χ3n) is 3.10. The lowest BCUT2D eigenvalue weighted by molar-refractivity contribution is -0.234. The molecule has 0 spiro atoms. The predicted molar refractivity (Wildman–Crippen MR) is 80.4 cm³/mol. The van der Waals surface area contributed by atoms with Gasteiger partial charge in [-0.25, -0.2) is 9.59 Å². The van der Waals surface area contributed by atoms with Crippen LogP contribution in [0, 0.1) is 0 Å². The summed E-state index contributed by atoms with van der Waals surface area (Å²) in [6, 6.07) is 0. The summed E-state index contributed by atoms with van der Waals surface area (Å²) in [4.78, 5) is 51.2. The second-order valence-corrected chi connectivity index (χ2v) is 5.06. The van der Waals surface area contributed by atoms with Gasteiger partial charge in [0.1, 0.15) is 0 Å². The molecule has 10 heteroatoms. The molecule has 24 heavy (non-hydrogen) atoms. The third-order valence-corrected chi connectivity index (χ3v) is 3.10. The fourth-order valence-electron chi connectivity index (χ4n) is 1.80. The molecule has 0 heterocycles. The molecule has 0 rings (SSSR count). The van der Waals surface area contributed by atoms with E-state index in [0.717, 1.165) is 0 Å². The zero-order chi connectivity index (χ0) is 18.2. The van der Waals surface area contributed by atoms with E-state index in [9.17, 15) is 19.2 Å². The Hall–Kier alpha value is -2.20. The average Bonchev–Trinajstić information content (AvgIpc) is 2.59. The van der Waals surface area contributed by atoms with Crippen molar-refractivity contribution >= 4 is 23.8 Å². The number of hydrogen-bond donors (Lipinski definition) is 4. The van der Waals surface area contributed by atoms with Gasteiger partial charge < -0.3 is 20.4 Å². The van der Waals surface area contributed by atoms with E-state index in [1.807, 2.05) is 0 Å². The van der Waals surface area contributed by atoms with Crippen LogP contribution in [-0.4, -0.2) is 47.4 Å². The van der Waals surface area contributed by atoms with Gasteiger partial charge in [0.2, 0.25) is 0 Å². The lowest BCUT2D eigenvalue weighted by Crippen LogP contribution is -2.40. The van der Waals surface area contributed by atoms with E-state index in [4.69, 9.17) is 10.5 Å². The van der Waals surface area contributed by atoms with Gasteiger partial charge in [-0.3, -0.25) is 9.59 Å². The molecule has 0 fully saturated rings. The molecular weight excluding hydrogens is 324 g/mol. The van der Waals surface area contributed by atoms with Gasteiger partial charge in [-0.15, -0.1) is 0 Å². The minimum atomic E-state index is -0.728. The first-order chi connectivity index (χ1) is 11.5. The Morgan fingerprint density at radius 3 is 1.33 bits per heavy atom. The summed E-state index contributed by atoms with van der Waals surface area (Å²) < 4.78 is 0. The van der Waals surface area contributed by atoms with Crippen molar-refractivity contribution in [2.24, 2.45) is 0 Å². The molecule has 0 saturated carbocycles. The SMILES string of the molecule is O=C(CCCCCNC(=O)C(=O)NCCCCCC(=O)OO)OO. The number of nitrogens with one attached hydrogen (secondary N) is 2. The molecule has 0 aliphatic rings. The van der Waals surface area contributed by atoms with Gasteiger partial charge in [-0.1, -0.05) is 12.8 Å². The average molecular weight is 348 g/mol. The van der Waals surface area contributed by atoms with E-state index in [0.29, 0.717) is 51.6 Å². The second kappa shape index (κ2) is 14.4. The lowest BCUT2D eigenvalue weighted by Gasteiger charge is -2.06. The van der Waals surface area contributed by atoms with Crippen molar-refractivity contribution in [2.45, 2.75) is 51.4 Å². The quantitative estimate of drug-likeness (QED) is 0.171. The molecule has 138 valence electrons. The van der Waals surface area contributed by atoms with Crippen LogP contribution in [0.15, 0.2) is 0 Å². The predicted octanol–water partition coefficient (Wildman–Crippen LogP) is 0.372. The van der Waals surface area contributed by atoms with Crippen molar-refractivity contribution in [3.05, 3.63) is 0 Å². The molecular formula is C14H24N2O8. The first-order valence-electron chi connectivity index (χ1n) is 7.75. The van der Waals surface area contributed by atoms with Crippen molar-refractivity contribution in [3.63, 3.8) is 0 Å². The Labute approximate surface area is 139 Å². The molecule has 4 N–H and O–H groups in total. The number of amides is 2. The Morgan fingerprint density at radius 1 is 0.625 bits per heavy atom. The number of hydrogen-bond acceptors (Lipinski definition) is 8. The zero-order valence-corrected chi connectivity index (χ0v) is 13.4. The third kappa shape index (κ3) is 12.4. The van der Waals surface area contributed by atoms with Crippen molar-refractivity contribution in [1.29, 1.82) is 0 Å². The van der Waals surface area contributed by atoms with Crippen LogP contribution < -0.4 is 10.6 Å². The van der Waals surface area contributed by atoms with Crippen molar-refractivity contribution in [3.8, 4) is 0 Å². The molecule has 0 bridgehead atoms. The number of carbonyl (C=O) groups is 4. The van der Waals surface area contributed by atoms with Crippen LogP contribution in [0.5, 0.6) is 0 Å². The van der Waals surface area contributed by atoms with Gasteiger partial charge in [0.15, 0.2) is 0 Å². The molecule has 0 saturated heterocycles. The maximum absolute atomic E-state index is 11.5. The molecule has 0 aliphatic heterocycles. The largest absolute Gasteiger partial charge is 0.348 e. The molecule has 0 atom stereocenters. The number of carbonyl (C=O) groups excluding carboxylic acids is 4. The summed E-state index contributed by atoms with van der Waals surface area (Å²) in [5.74, 6) is -2.86. The van der Waals surface area contributed by atoms with Crippen molar-refractivity contribution in [2.75, 3.05) is 13.1 Å². The summed E-state index contributed by atoms with van der Waals surface area (Å²) >= 11 is 0. The summed E-state index contributed by atoms with van der Waals surface area (Å²) in [6.07, 6.45) is 3.72. The molecule has 0 aromatic rings. The van der Waals surface area contributed by atoms with Gasteiger partial charge in [-0.2, -0.15) is 10.5 Å². The van der Waals surface area contributed by atoms with Crippen molar-refractivity contribution < 1.29 is 39.5 Å². The van der Waals surface area contributed by atoms with Crippen molar-refractivity contribution in [1.82, 2.24) is 10.6 Å². The van der Waals surface area contributed by atoms with Gasteiger partial charge in [0, 0.05) is 25.9 Å². The lowest BCUT2D eigenvalue weighted by atomic mass is 10.2. The molecule has 0 aliphatic carbocycles. The Balaban J connectivity index is 3.51. The monoisotopic (exact) mass is 348 g/mol. The summed E-state index contributed by atoms with van der Waals surface area (Å²) in [5.41, 5.74) is 0. The summed E-state index contributed by atoms with van der Waals surface area (Å²) in [7, 11) is 0. The van der Waals surface area contributed by atoms with Crippen LogP contribution in [-0.2, 0) is 29.0 Å². The van der Waals surface area contributed by atoms with E-state index in [2.05, 4.69) is 20.4 Å². The normalized spacial score (nSPS) is 9.92.